The first kappa shape index (κ1) is 18.5. The minimum Gasteiger partial charge on any atom is -0.353 e. The summed E-state index contributed by atoms with van der Waals surface area (Å²) in [6.45, 7) is 4.00. The molecule has 0 radical (unpaired) electrons. The lowest BCUT2D eigenvalue weighted by atomic mass is 10.1. The number of pyridine rings is 2. The van der Waals surface area contributed by atoms with E-state index in [2.05, 4.69) is 9.97 Å². The van der Waals surface area contributed by atoms with E-state index in [1.807, 2.05) is 13.8 Å². The van der Waals surface area contributed by atoms with E-state index in [-0.39, 0.29) is 10.9 Å². The van der Waals surface area contributed by atoms with E-state index in [1.165, 1.54) is 0 Å². The number of rotatable bonds is 0. The van der Waals surface area contributed by atoms with Crippen molar-refractivity contribution in [1.29, 1.82) is 0 Å². The van der Waals surface area contributed by atoms with Crippen molar-refractivity contribution in [2.45, 2.75) is 13.8 Å². The Labute approximate surface area is 169 Å². The average Bonchev–Trinajstić information content (AvgIpc) is 2.71. The van der Waals surface area contributed by atoms with Gasteiger partial charge in [-0.2, -0.15) is 0 Å². The molecule has 0 fully saturated rings. The lowest BCUT2D eigenvalue weighted by molar-refractivity contribution is 1.46. The molecule has 0 amide bonds. The SMILES string of the molecule is CC.O=c1c2cc3[nH]c4c(Cl)cccc4c(=O)c3cc2[nH]c2c(Cl)cccc12. The number of hydrogen-bond donors (Lipinski definition) is 2. The van der Waals surface area contributed by atoms with Crippen molar-refractivity contribution >= 4 is 66.8 Å². The van der Waals surface area contributed by atoms with Crippen LogP contribution in [-0.4, -0.2) is 9.97 Å². The molecule has 6 heteroatoms. The first-order valence-corrected chi connectivity index (χ1v) is 9.68. The lowest BCUT2D eigenvalue weighted by Crippen LogP contribution is -2.08. The highest BCUT2D eigenvalue weighted by molar-refractivity contribution is 6.35. The highest BCUT2D eigenvalue weighted by Crippen LogP contribution is 2.26. The van der Waals surface area contributed by atoms with E-state index >= 15 is 0 Å². The summed E-state index contributed by atoms with van der Waals surface area (Å²) < 4.78 is 0. The van der Waals surface area contributed by atoms with Gasteiger partial charge in [0.2, 0.25) is 0 Å². The van der Waals surface area contributed by atoms with Crippen LogP contribution in [0.25, 0.3) is 43.6 Å². The highest BCUT2D eigenvalue weighted by atomic mass is 35.5. The number of aromatic nitrogens is 2. The van der Waals surface area contributed by atoms with E-state index < -0.39 is 0 Å². The van der Waals surface area contributed by atoms with Crippen LogP contribution in [0, 0.1) is 0 Å². The van der Waals surface area contributed by atoms with Gasteiger partial charge in [0.1, 0.15) is 0 Å². The third-order valence-electron chi connectivity index (χ3n) is 4.68. The fourth-order valence-electron chi connectivity index (χ4n) is 3.42. The molecule has 28 heavy (non-hydrogen) atoms. The maximum Gasteiger partial charge on any atom is 0.197 e. The van der Waals surface area contributed by atoms with Gasteiger partial charge in [0, 0.05) is 21.5 Å². The van der Waals surface area contributed by atoms with Crippen molar-refractivity contribution in [2.24, 2.45) is 0 Å². The zero-order valence-corrected chi connectivity index (χ0v) is 16.7. The zero-order chi connectivity index (χ0) is 20.0. The Bertz CT molecular complexity index is 1390. The number of hydrogen-bond acceptors (Lipinski definition) is 2. The second-order valence-electron chi connectivity index (χ2n) is 6.18. The third kappa shape index (κ3) is 2.68. The molecule has 0 aliphatic heterocycles. The number of fused-ring (bicyclic) bond motifs is 4. The Morgan fingerprint density at radius 3 is 1.43 bits per heavy atom. The molecule has 2 heterocycles. The first-order valence-electron chi connectivity index (χ1n) is 8.93. The minimum atomic E-state index is -0.141. The summed E-state index contributed by atoms with van der Waals surface area (Å²) in [5.74, 6) is 0. The zero-order valence-electron chi connectivity index (χ0n) is 15.2. The molecule has 5 aromatic rings. The monoisotopic (exact) mass is 410 g/mol. The maximum absolute atomic E-state index is 12.9. The van der Waals surface area contributed by atoms with Crippen LogP contribution in [0.2, 0.25) is 10.0 Å². The molecule has 0 aliphatic rings. The lowest BCUT2D eigenvalue weighted by Gasteiger charge is -2.08. The fourth-order valence-corrected chi connectivity index (χ4v) is 3.87. The molecule has 5 rings (SSSR count). The van der Waals surface area contributed by atoms with Crippen LogP contribution in [0.4, 0.5) is 0 Å². The summed E-state index contributed by atoms with van der Waals surface area (Å²) in [4.78, 5) is 32.2. The Kier molecular flexibility index (Phi) is 4.61. The molecular formula is C22H16Cl2N2O2. The number of para-hydroxylation sites is 2. The summed E-state index contributed by atoms with van der Waals surface area (Å²) in [5, 5.41) is 2.89. The van der Waals surface area contributed by atoms with Gasteiger partial charge in [0.15, 0.2) is 10.9 Å². The molecule has 3 aromatic carbocycles. The number of H-pyrrole nitrogens is 2. The first-order chi connectivity index (χ1) is 13.5. The van der Waals surface area contributed by atoms with Crippen LogP contribution < -0.4 is 10.9 Å². The minimum absolute atomic E-state index is 0.141. The molecule has 2 aromatic heterocycles. The Morgan fingerprint density at radius 1 is 0.643 bits per heavy atom. The van der Waals surface area contributed by atoms with Gasteiger partial charge in [-0.3, -0.25) is 9.59 Å². The molecule has 4 nitrogen and oxygen atoms in total. The molecular weight excluding hydrogens is 395 g/mol. The van der Waals surface area contributed by atoms with Crippen LogP contribution in [0.3, 0.4) is 0 Å². The Hall–Kier alpha value is -2.82. The van der Waals surface area contributed by atoms with E-state index in [1.54, 1.807) is 48.5 Å². The van der Waals surface area contributed by atoms with Gasteiger partial charge in [-0.1, -0.05) is 49.2 Å². The van der Waals surface area contributed by atoms with E-state index in [4.69, 9.17) is 23.2 Å². The Balaban J connectivity index is 0.000000932. The number of aromatic amines is 2. The van der Waals surface area contributed by atoms with Crippen LogP contribution in [0.1, 0.15) is 13.8 Å². The predicted molar refractivity (Wildman–Crippen MR) is 119 cm³/mol. The molecule has 0 spiro atoms. The van der Waals surface area contributed by atoms with Crippen molar-refractivity contribution in [3.63, 3.8) is 0 Å². The smallest absolute Gasteiger partial charge is 0.197 e. The topological polar surface area (TPSA) is 65.7 Å². The predicted octanol–water partition coefficient (Wildman–Crippen LogP) is 6.01. The standard InChI is InChI=1S/C20H10Cl2N2O2.C2H6/c21-13-5-1-3-9-17(13)23-15-8-12-16(7-11(15)19(9)25)24-18-10(20(12)26)4-2-6-14(18)22;1-2/h1-8H,(H,23,25)(H,24,26);1-2H3. The summed E-state index contributed by atoms with van der Waals surface area (Å²) in [5.41, 5.74) is 1.97. The van der Waals surface area contributed by atoms with E-state index in [0.717, 1.165) is 0 Å². The van der Waals surface area contributed by atoms with Gasteiger partial charge in [0.25, 0.3) is 0 Å². The van der Waals surface area contributed by atoms with Crippen LogP contribution in [-0.2, 0) is 0 Å². The van der Waals surface area contributed by atoms with E-state index in [9.17, 15) is 9.59 Å². The molecule has 0 saturated carbocycles. The van der Waals surface area contributed by atoms with Crippen molar-refractivity contribution < 1.29 is 0 Å². The molecule has 140 valence electrons. The van der Waals surface area contributed by atoms with Gasteiger partial charge < -0.3 is 9.97 Å². The maximum atomic E-state index is 12.9. The molecule has 0 bridgehead atoms. The summed E-state index contributed by atoms with van der Waals surface area (Å²) in [7, 11) is 0. The van der Waals surface area contributed by atoms with Gasteiger partial charge in [-0.05, 0) is 36.4 Å². The highest BCUT2D eigenvalue weighted by Gasteiger charge is 2.12. The second-order valence-corrected chi connectivity index (χ2v) is 6.99. The second kappa shape index (κ2) is 6.97. The van der Waals surface area contributed by atoms with Crippen molar-refractivity contribution in [2.75, 3.05) is 0 Å². The number of nitrogens with one attached hydrogen (secondary N) is 2. The van der Waals surface area contributed by atoms with Crippen molar-refractivity contribution in [3.8, 4) is 0 Å². The molecule has 0 unspecified atom stereocenters. The number of halogens is 2. The largest absolute Gasteiger partial charge is 0.353 e. The summed E-state index contributed by atoms with van der Waals surface area (Å²) in [6, 6.07) is 13.7. The van der Waals surface area contributed by atoms with Gasteiger partial charge >= 0.3 is 0 Å². The third-order valence-corrected chi connectivity index (χ3v) is 5.31. The average molecular weight is 411 g/mol. The van der Waals surface area contributed by atoms with Crippen LogP contribution in [0.15, 0.2) is 58.1 Å². The van der Waals surface area contributed by atoms with Crippen LogP contribution in [0.5, 0.6) is 0 Å². The number of benzene rings is 3. The summed E-state index contributed by atoms with van der Waals surface area (Å²) >= 11 is 12.4. The van der Waals surface area contributed by atoms with E-state index in [0.29, 0.717) is 53.7 Å². The van der Waals surface area contributed by atoms with Gasteiger partial charge in [-0.15, -0.1) is 0 Å². The van der Waals surface area contributed by atoms with Crippen molar-refractivity contribution in [3.05, 3.63) is 79.0 Å². The van der Waals surface area contributed by atoms with Gasteiger partial charge in [-0.25, -0.2) is 0 Å². The molecule has 0 aliphatic carbocycles. The Morgan fingerprint density at radius 2 is 1.04 bits per heavy atom. The summed E-state index contributed by atoms with van der Waals surface area (Å²) in [6.07, 6.45) is 0. The van der Waals surface area contributed by atoms with Crippen LogP contribution >= 0.6 is 23.2 Å². The quantitative estimate of drug-likeness (QED) is 0.307. The molecule has 0 atom stereocenters. The fraction of sp³-hybridized carbons (Fsp3) is 0.0909. The van der Waals surface area contributed by atoms with Gasteiger partial charge in [0.05, 0.1) is 32.1 Å². The molecule has 0 saturated heterocycles. The molecule has 2 N–H and O–H groups in total. The van der Waals surface area contributed by atoms with Crippen molar-refractivity contribution in [1.82, 2.24) is 9.97 Å². The normalized spacial score (nSPS) is 11.1.